The molecule has 78 heavy (non-hydrogen) atoms. The number of carbonyl (C=O) groups is 2. The molecule has 0 saturated heterocycles. The summed E-state index contributed by atoms with van der Waals surface area (Å²) in [6.07, 6.45) is 11.0. The zero-order valence-electron chi connectivity index (χ0n) is 44.6. The van der Waals surface area contributed by atoms with Gasteiger partial charge in [0.15, 0.2) is 5.71 Å². The Morgan fingerprint density at radius 1 is 0.667 bits per heavy atom. The van der Waals surface area contributed by atoms with E-state index in [2.05, 4.69) is 5.32 Å². The van der Waals surface area contributed by atoms with Gasteiger partial charge in [-0.2, -0.15) is 38.2 Å². The van der Waals surface area contributed by atoms with Gasteiger partial charge in [-0.1, -0.05) is 88.4 Å². The number of nitrogens with zero attached hydrogens (tertiary/aromatic N) is 2. The first-order chi connectivity index (χ1) is 36.4. The second kappa shape index (κ2) is 23.4. The molecule has 5 aromatic rings. The SMILES string of the molecule is CC(C)C(=O)NCCCC(=O)CCCCc1cccc(C(C=CC2=[N+](CCCS(=O)(=O)O)c3ccc4c(S(=O)(=O)O)cccc4c3C2(C)C)=CC=C2N(CCCS(=O)(=O)O)c3ccc4c(S(=O)(=O)O)cccc4c3C2(C)C)c1. The van der Waals surface area contributed by atoms with E-state index in [9.17, 15) is 61.5 Å². The first-order valence-electron chi connectivity index (χ1n) is 25.8. The maximum absolute atomic E-state index is 12.8. The fourth-order valence-electron chi connectivity index (χ4n) is 10.9. The average molecular weight is 1150 g/mol. The Morgan fingerprint density at radius 2 is 1.26 bits per heavy atom. The molecule has 0 bridgehead atoms. The van der Waals surface area contributed by atoms with Gasteiger partial charge in [0, 0.05) is 83.5 Å². The zero-order chi connectivity index (χ0) is 57.2. The van der Waals surface area contributed by atoms with E-state index in [1.807, 2.05) is 99.6 Å². The van der Waals surface area contributed by atoms with E-state index in [1.54, 1.807) is 48.5 Å². The molecule has 0 aliphatic carbocycles. The van der Waals surface area contributed by atoms with Crippen LogP contribution in [0, 0.1) is 5.92 Å². The van der Waals surface area contributed by atoms with Crippen LogP contribution in [-0.4, -0.2) is 105 Å². The standard InChI is InChI=1S/C57H67N3O14S4/c1-38(2)55(62)58-32-12-19-42(61)18-8-7-15-39-16-9-17-41(37-39)40(24-30-51-56(3,4)53-45-20-10-22-49(77(69,70)71)43(45)26-28-47(53)59(51)33-13-35-75(63,64)65)25-31-52-57(5,6)54-46-21-11-23-50(78(72,73)74)44(46)27-29-48(54)60(52)34-14-36-76(66,67)68/h9-11,16-17,20-31,37-38H,7-8,12-15,18-19,32-36H2,1-6H3,(H4-,58,62,63,64,65,66,67,68,69,70,71,72,73,74)/p+1. The van der Waals surface area contributed by atoms with Gasteiger partial charge < -0.3 is 10.2 Å². The summed E-state index contributed by atoms with van der Waals surface area (Å²) in [4.78, 5) is 26.1. The lowest BCUT2D eigenvalue weighted by atomic mass is 9.79. The topological polar surface area (TPSA) is 270 Å². The molecule has 0 radical (unpaired) electrons. The molecule has 7 rings (SSSR count). The highest BCUT2D eigenvalue weighted by atomic mass is 32.2. The van der Waals surface area contributed by atoms with Crippen LogP contribution in [0.15, 0.2) is 125 Å². The third kappa shape index (κ3) is 13.7. The minimum absolute atomic E-state index is 0.0250. The molecule has 2 aliphatic rings. The van der Waals surface area contributed by atoms with E-state index in [0.29, 0.717) is 95.0 Å². The molecule has 0 saturated carbocycles. The quantitative estimate of drug-likeness (QED) is 0.0167. The fraction of sp³-hybridized carbons (Fsp3) is 0.386. The molecule has 21 heteroatoms. The molecule has 2 aliphatic heterocycles. The van der Waals surface area contributed by atoms with Gasteiger partial charge in [-0.25, -0.2) is 0 Å². The minimum Gasteiger partial charge on any atom is -0.356 e. The third-order valence-electron chi connectivity index (χ3n) is 14.5. The van der Waals surface area contributed by atoms with Crippen molar-refractivity contribution in [2.75, 3.05) is 36.0 Å². The molecule has 0 aromatic heterocycles. The Hall–Kier alpha value is -5.91. The lowest BCUT2D eigenvalue weighted by Gasteiger charge is -2.27. The van der Waals surface area contributed by atoms with Crippen LogP contribution < -0.4 is 10.2 Å². The Labute approximate surface area is 457 Å². The van der Waals surface area contributed by atoms with Gasteiger partial charge in [-0.3, -0.25) is 27.8 Å². The third-order valence-corrected chi connectivity index (χ3v) is 18.0. The van der Waals surface area contributed by atoms with Crippen LogP contribution in [0.2, 0.25) is 0 Å². The van der Waals surface area contributed by atoms with Crippen LogP contribution in [0.5, 0.6) is 0 Å². The first kappa shape index (κ1) is 59.7. The zero-order valence-corrected chi connectivity index (χ0v) is 47.8. The second-order valence-corrected chi connectivity index (χ2v) is 27.2. The van der Waals surface area contributed by atoms with Crippen LogP contribution in [0.1, 0.15) is 109 Å². The normalized spacial score (nSPS) is 16.3. The highest BCUT2D eigenvalue weighted by molar-refractivity contribution is 7.86. The predicted molar refractivity (Wildman–Crippen MR) is 304 cm³/mol. The van der Waals surface area contributed by atoms with Crippen molar-refractivity contribution in [3.05, 3.63) is 137 Å². The number of amides is 1. The van der Waals surface area contributed by atoms with Gasteiger partial charge in [-0.05, 0) is 115 Å². The molecule has 2 heterocycles. The number of ketones is 1. The summed E-state index contributed by atoms with van der Waals surface area (Å²) in [5.41, 5.74) is 4.85. The van der Waals surface area contributed by atoms with Gasteiger partial charge in [0.25, 0.3) is 40.5 Å². The molecule has 0 fully saturated rings. The lowest BCUT2D eigenvalue weighted by Crippen LogP contribution is -2.28. The average Bonchev–Trinajstić information content (AvgIpc) is 3.98. The van der Waals surface area contributed by atoms with E-state index in [0.717, 1.165) is 22.3 Å². The van der Waals surface area contributed by atoms with Crippen molar-refractivity contribution in [1.82, 2.24) is 5.32 Å². The number of anilines is 1. The highest BCUT2D eigenvalue weighted by Gasteiger charge is 2.46. The van der Waals surface area contributed by atoms with Crippen molar-refractivity contribution in [3.63, 3.8) is 0 Å². The van der Waals surface area contributed by atoms with Crippen molar-refractivity contribution in [2.45, 2.75) is 114 Å². The van der Waals surface area contributed by atoms with Crippen molar-refractivity contribution < 1.29 is 66.0 Å². The summed E-state index contributed by atoms with van der Waals surface area (Å²) >= 11 is 0. The van der Waals surface area contributed by atoms with E-state index in [4.69, 9.17) is 0 Å². The van der Waals surface area contributed by atoms with Crippen molar-refractivity contribution in [3.8, 4) is 0 Å². The number of unbranched alkanes of at least 4 members (excludes halogenated alkanes) is 1. The first-order valence-corrected chi connectivity index (χ1v) is 31.9. The number of carbonyl (C=O) groups excluding carboxylic acids is 2. The fourth-order valence-corrected chi connectivity index (χ4v) is 13.3. The van der Waals surface area contributed by atoms with Gasteiger partial charge >= 0.3 is 0 Å². The molecule has 5 aromatic carbocycles. The molecule has 1 amide bonds. The Morgan fingerprint density at radius 3 is 1.87 bits per heavy atom. The van der Waals surface area contributed by atoms with Crippen molar-refractivity contribution in [1.29, 1.82) is 0 Å². The molecule has 17 nitrogen and oxygen atoms in total. The number of hydrogen-bond acceptors (Lipinski definition) is 11. The van der Waals surface area contributed by atoms with Crippen LogP contribution >= 0.6 is 0 Å². The summed E-state index contributed by atoms with van der Waals surface area (Å²) in [6.45, 7) is 12.1. The summed E-state index contributed by atoms with van der Waals surface area (Å²) in [6, 6.07) is 23.8. The monoisotopic (exact) mass is 1150 g/mol. The van der Waals surface area contributed by atoms with Gasteiger partial charge in [0.2, 0.25) is 11.6 Å². The van der Waals surface area contributed by atoms with E-state index in [-0.39, 0.29) is 53.3 Å². The van der Waals surface area contributed by atoms with Crippen LogP contribution in [-0.2, 0) is 67.3 Å². The second-order valence-electron chi connectivity index (χ2n) is 21.3. The highest BCUT2D eigenvalue weighted by Crippen LogP contribution is 2.52. The lowest BCUT2D eigenvalue weighted by molar-refractivity contribution is -0.437. The number of aryl methyl sites for hydroxylation is 1. The van der Waals surface area contributed by atoms with Gasteiger partial charge in [0.05, 0.1) is 16.9 Å². The van der Waals surface area contributed by atoms with Crippen LogP contribution in [0.3, 0.4) is 0 Å². The van der Waals surface area contributed by atoms with E-state index < -0.39 is 62.8 Å². The smallest absolute Gasteiger partial charge is 0.295 e. The number of nitrogens with one attached hydrogen (secondary N) is 1. The summed E-state index contributed by atoms with van der Waals surface area (Å²) in [7, 11) is -18.0. The Bertz CT molecular complexity index is 3780. The van der Waals surface area contributed by atoms with E-state index in [1.165, 1.54) is 12.1 Å². The molecule has 0 unspecified atom stereocenters. The maximum Gasteiger partial charge on any atom is 0.295 e. The number of Topliss-reactive ketones (excluding diaryl/α,β-unsaturated/α-hetero) is 1. The summed E-state index contributed by atoms with van der Waals surface area (Å²) in [5.74, 6) is -1.13. The number of hydrogen-bond donors (Lipinski definition) is 5. The Kier molecular flexibility index (Phi) is 17.9. The minimum atomic E-state index is -4.64. The number of fused-ring (bicyclic) bond motifs is 6. The molecule has 0 spiro atoms. The number of allylic oxidation sites excluding steroid dienone is 6. The Balaban J connectivity index is 1.34. The number of benzene rings is 5. The van der Waals surface area contributed by atoms with Crippen molar-refractivity contribution in [2.24, 2.45) is 5.92 Å². The van der Waals surface area contributed by atoms with Crippen LogP contribution in [0.4, 0.5) is 11.4 Å². The maximum atomic E-state index is 12.8. The predicted octanol–water partition coefficient (Wildman–Crippen LogP) is 9.57. The summed E-state index contributed by atoms with van der Waals surface area (Å²) in [5, 5.41) is 4.52. The van der Waals surface area contributed by atoms with Gasteiger partial charge in [0.1, 0.15) is 22.1 Å². The van der Waals surface area contributed by atoms with Gasteiger partial charge in [-0.15, -0.1) is 0 Å². The van der Waals surface area contributed by atoms with Crippen LogP contribution in [0.25, 0.3) is 27.1 Å². The molecular weight excluding hydrogens is 1080 g/mol. The molecule has 0 atom stereocenters. The van der Waals surface area contributed by atoms with E-state index >= 15 is 0 Å². The number of rotatable bonds is 24. The molecule has 418 valence electrons. The van der Waals surface area contributed by atoms with Crippen molar-refractivity contribution >= 4 is 96.4 Å². The molecular formula is C57H68N3O14S4+. The largest absolute Gasteiger partial charge is 0.356 e. The summed E-state index contributed by atoms with van der Waals surface area (Å²) < 4.78 is 140. The molecule has 5 N–H and O–H groups in total.